The van der Waals surface area contributed by atoms with Gasteiger partial charge in [0.25, 0.3) is 5.56 Å². The number of nitriles is 1. The molecule has 0 bridgehead atoms. The van der Waals surface area contributed by atoms with Crippen LogP contribution in [0.4, 0.5) is 0 Å². The number of rotatable bonds is 4. The van der Waals surface area contributed by atoms with Crippen LogP contribution in [-0.4, -0.2) is 9.55 Å². The van der Waals surface area contributed by atoms with E-state index in [-0.39, 0.29) is 18.0 Å². The molecule has 108 valence electrons. The summed E-state index contributed by atoms with van der Waals surface area (Å²) in [6.07, 6.45) is 2.35. The first-order valence-electron chi connectivity index (χ1n) is 6.95. The highest BCUT2D eigenvalue weighted by Crippen LogP contribution is 2.39. The maximum atomic E-state index is 12.7. The molecule has 1 fully saturated rings. The lowest BCUT2D eigenvalue weighted by molar-refractivity contribution is 0.524. The summed E-state index contributed by atoms with van der Waals surface area (Å²) in [7, 11) is 0. The number of nitrogens with zero attached hydrogens (tertiary/aromatic N) is 3. The molecule has 6 heteroatoms. The van der Waals surface area contributed by atoms with Crippen LogP contribution < -0.4 is 11.3 Å². The Kier molecular flexibility index (Phi) is 3.66. The molecular weight excluding hydrogens is 288 g/mol. The van der Waals surface area contributed by atoms with E-state index in [9.17, 15) is 4.79 Å². The summed E-state index contributed by atoms with van der Waals surface area (Å²) < 4.78 is 1.51. The van der Waals surface area contributed by atoms with Gasteiger partial charge in [-0.25, -0.2) is 4.98 Å². The van der Waals surface area contributed by atoms with Gasteiger partial charge < -0.3 is 5.73 Å². The lowest BCUT2D eigenvalue weighted by Crippen LogP contribution is -2.30. The van der Waals surface area contributed by atoms with Crippen molar-refractivity contribution in [2.75, 3.05) is 0 Å². The smallest absolute Gasteiger partial charge is 0.262 e. The van der Waals surface area contributed by atoms with E-state index < -0.39 is 0 Å². The van der Waals surface area contributed by atoms with Crippen molar-refractivity contribution in [3.8, 4) is 6.07 Å². The van der Waals surface area contributed by atoms with Crippen LogP contribution in [-0.2, 0) is 6.54 Å². The van der Waals surface area contributed by atoms with Crippen LogP contribution in [0.2, 0.25) is 5.02 Å². The summed E-state index contributed by atoms with van der Waals surface area (Å²) in [5, 5.41) is 9.56. The molecule has 3 rings (SSSR count). The molecule has 2 N–H and O–H groups in total. The Hall–Kier alpha value is -1.90. The molecule has 1 aliphatic rings. The van der Waals surface area contributed by atoms with Gasteiger partial charge in [0.1, 0.15) is 5.82 Å². The second-order valence-electron chi connectivity index (χ2n) is 5.33. The van der Waals surface area contributed by atoms with Crippen LogP contribution in [0.1, 0.15) is 31.1 Å². The molecule has 2 aromatic rings. The minimum Gasteiger partial charge on any atom is -0.321 e. The molecule has 1 atom stereocenters. The molecule has 1 aromatic carbocycles. The van der Waals surface area contributed by atoms with Gasteiger partial charge in [-0.1, -0.05) is 17.7 Å². The Morgan fingerprint density at radius 1 is 1.52 bits per heavy atom. The van der Waals surface area contributed by atoms with E-state index in [0.717, 1.165) is 12.8 Å². The SMILES string of the molecule is N#CCCn1c(C(N)C2CC2)nc2cccc(Cl)c2c1=O. The number of nitrogens with two attached hydrogens (primary N) is 1. The molecule has 0 spiro atoms. The van der Waals surface area contributed by atoms with Crippen molar-refractivity contribution < 1.29 is 0 Å². The first-order valence-corrected chi connectivity index (χ1v) is 7.32. The Bertz CT molecular complexity index is 789. The third kappa shape index (κ3) is 2.53. The molecule has 1 heterocycles. The van der Waals surface area contributed by atoms with Crippen molar-refractivity contribution in [1.82, 2.24) is 9.55 Å². The fourth-order valence-corrected chi connectivity index (χ4v) is 2.79. The van der Waals surface area contributed by atoms with Crippen LogP contribution in [0.5, 0.6) is 0 Å². The minimum atomic E-state index is -0.264. The van der Waals surface area contributed by atoms with Gasteiger partial charge in [0.2, 0.25) is 0 Å². The summed E-state index contributed by atoms with van der Waals surface area (Å²) in [6, 6.07) is 6.99. The zero-order valence-electron chi connectivity index (χ0n) is 11.4. The van der Waals surface area contributed by atoms with Crippen molar-refractivity contribution >= 4 is 22.5 Å². The van der Waals surface area contributed by atoms with Gasteiger partial charge in [0.15, 0.2) is 0 Å². The predicted molar refractivity (Wildman–Crippen MR) is 80.9 cm³/mol. The Morgan fingerprint density at radius 3 is 2.95 bits per heavy atom. The molecule has 1 saturated carbocycles. The second-order valence-corrected chi connectivity index (χ2v) is 5.74. The van der Waals surface area contributed by atoms with E-state index in [1.54, 1.807) is 18.2 Å². The van der Waals surface area contributed by atoms with Crippen molar-refractivity contribution in [3.63, 3.8) is 0 Å². The van der Waals surface area contributed by atoms with Gasteiger partial charge in [-0.3, -0.25) is 9.36 Å². The molecular formula is C15H15ClN4O. The lowest BCUT2D eigenvalue weighted by Gasteiger charge is -2.17. The van der Waals surface area contributed by atoms with Crippen LogP contribution in [0.15, 0.2) is 23.0 Å². The third-order valence-electron chi connectivity index (χ3n) is 3.84. The highest BCUT2D eigenvalue weighted by atomic mass is 35.5. The molecule has 1 aromatic heterocycles. The van der Waals surface area contributed by atoms with E-state index in [1.165, 1.54) is 4.57 Å². The normalized spacial score (nSPS) is 15.9. The standard InChI is InChI=1S/C15H15ClN4O/c16-10-3-1-4-11-12(10)15(21)20(8-2-7-17)14(19-11)13(18)9-5-6-9/h1,3-4,9,13H,2,5-6,8,18H2. The van der Waals surface area contributed by atoms with Crippen molar-refractivity contribution in [2.45, 2.75) is 31.8 Å². The van der Waals surface area contributed by atoms with E-state index in [4.69, 9.17) is 22.6 Å². The summed E-state index contributed by atoms with van der Waals surface area (Å²) in [5.74, 6) is 0.939. The fourth-order valence-electron chi connectivity index (χ4n) is 2.54. The van der Waals surface area contributed by atoms with E-state index >= 15 is 0 Å². The van der Waals surface area contributed by atoms with Crippen molar-refractivity contribution in [2.24, 2.45) is 11.7 Å². The maximum absolute atomic E-state index is 12.7. The Morgan fingerprint density at radius 2 is 2.29 bits per heavy atom. The maximum Gasteiger partial charge on any atom is 0.262 e. The number of hydrogen-bond donors (Lipinski definition) is 1. The molecule has 1 aliphatic carbocycles. The number of fused-ring (bicyclic) bond motifs is 1. The quantitative estimate of drug-likeness (QED) is 0.939. The molecule has 0 saturated heterocycles. The van der Waals surface area contributed by atoms with E-state index in [0.29, 0.717) is 34.2 Å². The van der Waals surface area contributed by atoms with Crippen LogP contribution in [0.3, 0.4) is 0 Å². The summed E-state index contributed by atoms with van der Waals surface area (Å²) in [5.41, 5.74) is 6.58. The summed E-state index contributed by atoms with van der Waals surface area (Å²) in [6.45, 7) is 0.291. The molecule has 21 heavy (non-hydrogen) atoms. The largest absolute Gasteiger partial charge is 0.321 e. The van der Waals surface area contributed by atoms with Gasteiger partial charge >= 0.3 is 0 Å². The molecule has 0 amide bonds. The number of aromatic nitrogens is 2. The highest BCUT2D eigenvalue weighted by Gasteiger charge is 2.32. The predicted octanol–water partition coefficient (Wildman–Crippen LogP) is 2.37. The highest BCUT2D eigenvalue weighted by molar-refractivity contribution is 6.35. The average Bonchev–Trinajstić information content (AvgIpc) is 3.30. The molecule has 5 nitrogen and oxygen atoms in total. The second kappa shape index (κ2) is 5.47. The lowest BCUT2D eigenvalue weighted by atomic mass is 10.1. The average molecular weight is 303 g/mol. The molecule has 1 unspecified atom stereocenters. The van der Waals surface area contributed by atoms with Crippen LogP contribution in [0, 0.1) is 17.2 Å². The Balaban J connectivity index is 2.24. The van der Waals surface area contributed by atoms with E-state index in [2.05, 4.69) is 11.1 Å². The van der Waals surface area contributed by atoms with Crippen molar-refractivity contribution in [3.05, 3.63) is 39.4 Å². The third-order valence-corrected chi connectivity index (χ3v) is 4.15. The van der Waals surface area contributed by atoms with Crippen molar-refractivity contribution in [1.29, 1.82) is 5.26 Å². The summed E-state index contributed by atoms with van der Waals surface area (Å²) in [4.78, 5) is 17.3. The summed E-state index contributed by atoms with van der Waals surface area (Å²) >= 11 is 6.13. The first-order chi connectivity index (χ1) is 10.1. The fraction of sp³-hybridized carbons (Fsp3) is 0.400. The number of benzene rings is 1. The van der Waals surface area contributed by atoms with E-state index in [1.807, 2.05) is 0 Å². The topological polar surface area (TPSA) is 84.7 Å². The molecule has 0 aliphatic heterocycles. The van der Waals surface area contributed by atoms with Gasteiger partial charge in [0.05, 0.1) is 34.5 Å². The van der Waals surface area contributed by atoms with Crippen LogP contribution >= 0.6 is 11.6 Å². The van der Waals surface area contributed by atoms with Gasteiger partial charge in [-0.2, -0.15) is 5.26 Å². The monoisotopic (exact) mass is 302 g/mol. The van der Waals surface area contributed by atoms with Gasteiger partial charge in [0, 0.05) is 6.54 Å². The minimum absolute atomic E-state index is 0.216. The van der Waals surface area contributed by atoms with Gasteiger partial charge in [-0.05, 0) is 30.9 Å². The Labute approximate surface area is 127 Å². The zero-order valence-corrected chi connectivity index (χ0v) is 12.2. The first kappa shape index (κ1) is 14.1. The number of hydrogen-bond acceptors (Lipinski definition) is 4. The molecule has 0 radical (unpaired) electrons. The number of halogens is 1. The van der Waals surface area contributed by atoms with Gasteiger partial charge in [-0.15, -0.1) is 0 Å². The zero-order chi connectivity index (χ0) is 15.0. The van der Waals surface area contributed by atoms with Crippen LogP contribution in [0.25, 0.3) is 10.9 Å².